The lowest BCUT2D eigenvalue weighted by molar-refractivity contribution is 0.629. The van der Waals surface area contributed by atoms with Gasteiger partial charge in [0.25, 0.3) is 0 Å². The molecule has 18 heavy (non-hydrogen) atoms. The van der Waals surface area contributed by atoms with Crippen molar-refractivity contribution in [3.63, 3.8) is 0 Å². The zero-order valence-corrected chi connectivity index (χ0v) is 12.3. The number of allylic oxidation sites excluding steroid dienone is 4. The minimum atomic E-state index is -0.847. The molecule has 0 N–H and O–H groups in total. The number of rotatable bonds is 3. The molecule has 2 aliphatic rings. The van der Waals surface area contributed by atoms with Crippen molar-refractivity contribution in [2.45, 2.75) is 12.8 Å². The van der Waals surface area contributed by atoms with Crippen LogP contribution in [0.25, 0.3) is 5.70 Å². The van der Waals surface area contributed by atoms with Gasteiger partial charge in [-0.2, -0.15) is 9.36 Å². The van der Waals surface area contributed by atoms with Crippen molar-refractivity contribution >= 4 is 34.0 Å². The fourth-order valence-corrected chi connectivity index (χ4v) is 4.38. The molecule has 91 valence electrons. The third kappa shape index (κ3) is 2.06. The molecule has 0 aliphatic heterocycles. The predicted octanol–water partition coefficient (Wildman–Crippen LogP) is 0.804. The van der Waals surface area contributed by atoms with Gasteiger partial charge in [0.15, 0.2) is 0 Å². The summed E-state index contributed by atoms with van der Waals surface area (Å²) in [6.07, 6.45) is 8.63. The van der Waals surface area contributed by atoms with Crippen LogP contribution in [-0.4, -0.2) is 39.1 Å². The van der Waals surface area contributed by atoms with Crippen LogP contribution < -0.4 is 5.69 Å². The summed E-state index contributed by atoms with van der Waals surface area (Å²) in [5.41, 5.74) is 0.622. The van der Waals surface area contributed by atoms with Crippen molar-refractivity contribution < 1.29 is 0 Å². The van der Waals surface area contributed by atoms with Crippen LogP contribution in [0.3, 0.4) is 0 Å². The second-order valence-corrected chi connectivity index (χ2v) is 6.59. The van der Waals surface area contributed by atoms with Crippen molar-refractivity contribution in [3.8, 4) is 0 Å². The molecule has 1 radical (unpaired) electrons. The highest BCUT2D eigenvalue weighted by atomic mass is 35.5. The van der Waals surface area contributed by atoms with E-state index in [1.54, 1.807) is 7.05 Å². The molecule has 1 aromatic heterocycles. The molecule has 1 fully saturated rings. The fraction of sp³-hybridized carbons (Fsp3) is 0.455. The van der Waals surface area contributed by atoms with Crippen LogP contribution in [-0.2, 0) is 7.05 Å². The average molecular weight is 276 g/mol. The molecule has 3 rings (SSSR count). The molecule has 5 nitrogen and oxygen atoms in total. The lowest BCUT2D eigenvalue weighted by atomic mass is 9.92. The maximum Gasteiger partial charge on any atom is 0.513 e. The SMILES string of the molecule is Cn1nnn(C2=CC=CC(C3CC3)[C]2[Mg][Cl])c1=O. The van der Waals surface area contributed by atoms with E-state index in [1.807, 2.05) is 12.2 Å². The van der Waals surface area contributed by atoms with Crippen molar-refractivity contribution in [1.29, 1.82) is 0 Å². The second-order valence-electron chi connectivity index (χ2n) is 4.76. The Bertz CT molecular complexity index is 572. The van der Waals surface area contributed by atoms with Crippen LogP contribution in [0, 0.1) is 15.9 Å². The molecule has 1 heterocycles. The van der Waals surface area contributed by atoms with E-state index in [0.717, 1.165) is 5.70 Å². The molecule has 7 heteroatoms. The van der Waals surface area contributed by atoms with Gasteiger partial charge < -0.3 is 9.07 Å². The highest BCUT2D eigenvalue weighted by Gasteiger charge is 2.38. The minimum absolute atomic E-state index is 0.220. The van der Waals surface area contributed by atoms with Crippen LogP contribution >= 0.6 is 9.07 Å². The fourth-order valence-electron chi connectivity index (χ4n) is 2.39. The Hall–Kier alpha value is -0.594. The summed E-state index contributed by atoms with van der Waals surface area (Å²) in [4.78, 5) is 11.9. The quantitative estimate of drug-likeness (QED) is 0.767. The van der Waals surface area contributed by atoms with Crippen LogP contribution in [0.2, 0.25) is 0 Å². The van der Waals surface area contributed by atoms with Crippen molar-refractivity contribution in [3.05, 3.63) is 32.8 Å². The van der Waals surface area contributed by atoms with E-state index in [2.05, 4.69) is 16.5 Å². The second kappa shape index (κ2) is 4.83. The molecule has 1 aromatic rings. The number of halogens is 1. The van der Waals surface area contributed by atoms with Crippen LogP contribution in [0.15, 0.2) is 23.0 Å². The van der Waals surface area contributed by atoms with Crippen molar-refractivity contribution in [2.24, 2.45) is 18.9 Å². The Morgan fingerprint density at radius 1 is 1.44 bits per heavy atom. The van der Waals surface area contributed by atoms with Gasteiger partial charge in [0.05, 0.1) is 0 Å². The number of hydrogen-bond acceptors (Lipinski definition) is 3. The molecule has 0 bridgehead atoms. The van der Waals surface area contributed by atoms with E-state index in [4.69, 9.17) is 9.07 Å². The summed E-state index contributed by atoms with van der Waals surface area (Å²) >= 11 is -0.847. The molecule has 0 aromatic carbocycles. The lowest BCUT2D eigenvalue weighted by Gasteiger charge is -2.27. The Kier molecular flexibility index (Phi) is 3.34. The van der Waals surface area contributed by atoms with E-state index in [9.17, 15) is 4.79 Å². The average Bonchev–Trinajstić information content (AvgIpc) is 3.17. The smallest absolute Gasteiger partial charge is 0.345 e. The summed E-state index contributed by atoms with van der Waals surface area (Å²) in [6.45, 7) is 0. The first-order chi connectivity index (χ1) is 8.72. The topological polar surface area (TPSA) is 52.7 Å². The largest absolute Gasteiger partial charge is 0.513 e. The number of hydrogen-bond donors (Lipinski definition) is 0. The van der Waals surface area contributed by atoms with Gasteiger partial charge in [-0.25, -0.2) is 4.79 Å². The summed E-state index contributed by atoms with van der Waals surface area (Å²) in [5, 5.41) is 7.67. The molecular weight excluding hydrogens is 264 g/mol. The molecule has 0 amide bonds. The number of aromatic nitrogens is 4. The summed E-state index contributed by atoms with van der Waals surface area (Å²) in [7, 11) is 7.81. The van der Waals surface area contributed by atoms with Gasteiger partial charge in [0.1, 0.15) is 0 Å². The lowest BCUT2D eigenvalue weighted by Crippen LogP contribution is -2.30. The zero-order chi connectivity index (χ0) is 12.7. The molecule has 0 spiro atoms. The van der Waals surface area contributed by atoms with Gasteiger partial charge in [-0.15, -0.1) is 0 Å². The Labute approximate surface area is 118 Å². The van der Waals surface area contributed by atoms with Crippen LogP contribution in [0.1, 0.15) is 12.8 Å². The molecule has 1 unspecified atom stereocenters. The number of nitrogens with zero attached hydrogens (tertiary/aromatic N) is 4. The first-order valence-electron chi connectivity index (χ1n) is 6.02. The first-order valence-corrected chi connectivity index (χ1v) is 8.87. The van der Waals surface area contributed by atoms with Gasteiger partial charge in [-0.3, -0.25) is 0 Å². The third-order valence-corrected chi connectivity index (χ3v) is 5.51. The van der Waals surface area contributed by atoms with Gasteiger partial charge in [-0.05, 0) is 41.2 Å². The Balaban J connectivity index is 1.99. The van der Waals surface area contributed by atoms with E-state index in [0.29, 0.717) is 11.8 Å². The number of tetrazole rings is 1. The van der Waals surface area contributed by atoms with E-state index < -0.39 is 19.3 Å². The van der Waals surface area contributed by atoms with Crippen LogP contribution in [0.4, 0.5) is 0 Å². The summed E-state index contributed by atoms with van der Waals surface area (Å²) in [5.74, 6) is 1.11. The maximum absolute atomic E-state index is 11.9. The summed E-state index contributed by atoms with van der Waals surface area (Å²) < 4.78 is 3.81. The molecule has 2 aliphatic carbocycles. The maximum atomic E-state index is 11.9. The Morgan fingerprint density at radius 2 is 2.22 bits per heavy atom. The molecular formula is C11H12ClMgN4O. The standard InChI is InChI=1S/C11H12N4O.ClH.Mg/c1-14-11(16)15(13-12-14)10-4-2-3-9(7-10)8-5-6-8;;/h2-4,8-9H,5-6H2,1H3;1H;/q;;+1/p-1. The van der Waals surface area contributed by atoms with Crippen molar-refractivity contribution in [2.75, 3.05) is 0 Å². The van der Waals surface area contributed by atoms with E-state index in [-0.39, 0.29) is 5.69 Å². The monoisotopic (exact) mass is 275 g/mol. The van der Waals surface area contributed by atoms with Gasteiger partial charge >= 0.3 is 25.0 Å². The van der Waals surface area contributed by atoms with Gasteiger partial charge in [0.2, 0.25) is 0 Å². The highest BCUT2D eigenvalue weighted by molar-refractivity contribution is 6.98. The third-order valence-electron chi connectivity index (χ3n) is 3.53. The molecule has 1 saturated carbocycles. The highest BCUT2D eigenvalue weighted by Crippen LogP contribution is 2.46. The molecule has 0 saturated heterocycles. The van der Waals surface area contributed by atoms with Crippen LogP contribution in [0.5, 0.6) is 0 Å². The Morgan fingerprint density at radius 3 is 2.78 bits per heavy atom. The summed E-state index contributed by atoms with van der Waals surface area (Å²) in [6, 6.07) is 0. The van der Waals surface area contributed by atoms with Crippen molar-refractivity contribution in [1.82, 2.24) is 19.8 Å². The number of aryl methyl sites for hydroxylation is 1. The van der Waals surface area contributed by atoms with E-state index >= 15 is 0 Å². The first kappa shape index (κ1) is 12.4. The zero-order valence-electron chi connectivity index (χ0n) is 10.1. The van der Waals surface area contributed by atoms with E-state index in [1.165, 1.54) is 26.3 Å². The predicted molar refractivity (Wildman–Crippen MR) is 69.7 cm³/mol. The normalized spacial score (nSPS) is 23.9. The van der Waals surface area contributed by atoms with Gasteiger partial charge in [0, 0.05) is 12.7 Å². The van der Waals surface area contributed by atoms with Gasteiger partial charge in [-0.1, -0.05) is 16.2 Å². The molecule has 1 atom stereocenters. The minimum Gasteiger partial charge on any atom is -0.345 e.